The number of amides is 2. The highest BCUT2D eigenvalue weighted by atomic mass is 16.2. The maximum Gasteiger partial charge on any atom is 0.248 e. The number of benzene rings is 2. The summed E-state index contributed by atoms with van der Waals surface area (Å²) in [4.78, 5) is 23.5. The van der Waals surface area contributed by atoms with Crippen molar-refractivity contribution in [2.45, 2.75) is 19.3 Å². The summed E-state index contributed by atoms with van der Waals surface area (Å²) in [6.07, 6.45) is 0. The molecule has 0 saturated heterocycles. The van der Waals surface area contributed by atoms with Crippen LogP contribution in [0.1, 0.15) is 29.8 Å². The minimum Gasteiger partial charge on any atom is -0.366 e. The van der Waals surface area contributed by atoms with Gasteiger partial charge < -0.3 is 11.1 Å². The summed E-state index contributed by atoms with van der Waals surface area (Å²) in [5.41, 5.74) is 6.52. The van der Waals surface area contributed by atoms with Gasteiger partial charge >= 0.3 is 0 Å². The van der Waals surface area contributed by atoms with E-state index in [1.54, 1.807) is 24.3 Å². The van der Waals surface area contributed by atoms with Crippen LogP contribution in [0, 0.1) is 0 Å². The molecule has 0 aliphatic rings. The van der Waals surface area contributed by atoms with Gasteiger partial charge in [-0.2, -0.15) is 0 Å². The lowest BCUT2D eigenvalue weighted by molar-refractivity contribution is -0.120. The Morgan fingerprint density at radius 1 is 0.952 bits per heavy atom. The highest BCUT2D eigenvalue weighted by molar-refractivity contribution is 5.99. The first-order valence-corrected chi connectivity index (χ1v) is 6.68. The van der Waals surface area contributed by atoms with Gasteiger partial charge in [0.1, 0.15) is 0 Å². The Labute approximate surface area is 124 Å². The first kappa shape index (κ1) is 14.8. The molecule has 0 aliphatic heterocycles. The highest BCUT2D eigenvalue weighted by Crippen LogP contribution is 2.25. The number of carbonyl (C=O) groups excluding carboxylic acids is 2. The average molecular weight is 282 g/mol. The molecule has 4 heteroatoms. The van der Waals surface area contributed by atoms with Crippen molar-refractivity contribution in [2.75, 3.05) is 5.32 Å². The van der Waals surface area contributed by atoms with Crippen LogP contribution < -0.4 is 11.1 Å². The standard InChI is InChI=1S/C17H18N2O2/c1-17(2,13-6-4-3-5-7-13)16(21)19-14-10-8-12(9-11-14)15(18)20/h3-11H,1-2H3,(H2,18,20)(H,19,21). The van der Waals surface area contributed by atoms with Gasteiger partial charge in [-0.3, -0.25) is 9.59 Å². The third-order valence-electron chi connectivity index (χ3n) is 3.49. The molecule has 0 saturated carbocycles. The molecule has 0 atom stereocenters. The van der Waals surface area contributed by atoms with Gasteiger partial charge in [0.2, 0.25) is 11.8 Å². The van der Waals surface area contributed by atoms with Crippen molar-refractivity contribution in [3.63, 3.8) is 0 Å². The molecular weight excluding hydrogens is 264 g/mol. The quantitative estimate of drug-likeness (QED) is 0.905. The summed E-state index contributed by atoms with van der Waals surface area (Å²) < 4.78 is 0. The third-order valence-corrected chi connectivity index (χ3v) is 3.49. The monoisotopic (exact) mass is 282 g/mol. The van der Waals surface area contributed by atoms with Crippen molar-refractivity contribution in [2.24, 2.45) is 5.73 Å². The molecule has 0 radical (unpaired) electrons. The Morgan fingerprint density at radius 2 is 1.52 bits per heavy atom. The fraction of sp³-hybridized carbons (Fsp3) is 0.176. The Kier molecular flexibility index (Phi) is 4.08. The molecule has 0 aromatic heterocycles. The van der Waals surface area contributed by atoms with Crippen LogP contribution in [0.5, 0.6) is 0 Å². The van der Waals surface area contributed by atoms with Crippen LogP contribution in [0.25, 0.3) is 0 Å². The van der Waals surface area contributed by atoms with E-state index in [0.29, 0.717) is 11.3 Å². The van der Waals surface area contributed by atoms with E-state index in [9.17, 15) is 9.59 Å². The van der Waals surface area contributed by atoms with Crippen LogP contribution in [0.3, 0.4) is 0 Å². The number of nitrogens with one attached hydrogen (secondary N) is 1. The van der Waals surface area contributed by atoms with Crippen molar-refractivity contribution in [1.29, 1.82) is 0 Å². The Hall–Kier alpha value is -2.62. The molecule has 0 heterocycles. The normalized spacial score (nSPS) is 11.0. The van der Waals surface area contributed by atoms with Gasteiger partial charge in [-0.05, 0) is 43.7 Å². The van der Waals surface area contributed by atoms with Crippen LogP contribution >= 0.6 is 0 Å². The zero-order valence-corrected chi connectivity index (χ0v) is 12.1. The Balaban J connectivity index is 2.15. The Morgan fingerprint density at radius 3 is 2.05 bits per heavy atom. The van der Waals surface area contributed by atoms with Crippen molar-refractivity contribution in [3.8, 4) is 0 Å². The second kappa shape index (κ2) is 5.79. The predicted octanol–water partition coefficient (Wildman–Crippen LogP) is 2.70. The predicted molar refractivity (Wildman–Crippen MR) is 83.1 cm³/mol. The first-order chi connectivity index (χ1) is 9.91. The molecule has 2 rings (SSSR count). The molecule has 2 aromatic rings. The van der Waals surface area contributed by atoms with Gasteiger partial charge in [-0.15, -0.1) is 0 Å². The summed E-state index contributed by atoms with van der Waals surface area (Å²) in [5.74, 6) is -0.599. The number of primary amides is 1. The smallest absolute Gasteiger partial charge is 0.248 e. The van der Waals surface area contributed by atoms with Crippen LogP contribution in [-0.4, -0.2) is 11.8 Å². The Bertz CT molecular complexity index is 646. The number of hydrogen-bond donors (Lipinski definition) is 2. The van der Waals surface area contributed by atoms with Gasteiger partial charge in [0.05, 0.1) is 5.41 Å². The zero-order chi connectivity index (χ0) is 15.5. The van der Waals surface area contributed by atoms with E-state index < -0.39 is 11.3 Å². The topological polar surface area (TPSA) is 72.2 Å². The number of anilines is 1. The molecule has 0 spiro atoms. The van der Waals surface area contributed by atoms with Crippen LogP contribution in [0.15, 0.2) is 54.6 Å². The van der Waals surface area contributed by atoms with E-state index in [0.717, 1.165) is 5.56 Å². The zero-order valence-electron chi connectivity index (χ0n) is 12.1. The number of hydrogen-bond acceptors (Lipinski definition) is 2. The van der Waals surface area contributed by atoms with E-state index in [-0.39, 0.29) is 5.91 Å². The lowest BCUT2D eigenvalue weighted by Gasteiger charge is -2.24. The van der Waals surface area contributed by atoms with E-state index in [1.807, 2.05) is 44.2 Å². The molecule has 2 amide bonds. The molecular formula is C17H18N2O2. The summed E-state index contributed by atoms with van der Waals surface area (Å²) >= 11 is 0. The van der Waals surface area contributed by atoms with E-state index in [4.69, 9.17) is 5.73 Å². The maximum atomic E-state index is 12.5. The van der Waals surface area contributed by atoms with E-state index >= 15 is 0 Å². The van der Waals surface area contributed by atoms with E-state index in [1.165, 1.54) is 0 Å². The number of rotatable bonds is 4. The van der Waals surface area contributed by atoms with Crippen LogP contribution in [0.2, 0.25) is 0 Å². The van der Waals surface area contributed by atoms with Crippen molar-refractivity contribution in [3.05, 3.63) is 65.7 Å². The van der Waals surface area contributed by atoms with Gasteiger partial charge in [-0.25, -0.2) is 0 Å². The molecule has 0 fully saturated rings. The lowest BCUT2D eigenvalue weighted by Crippen LogP contribution is -2.34. The molecule has 0 aliphatic carbocycles. The van der Waals surface area contributed by atoms with Crippen LogP contribution in [-0.2, 0) is 10.2 Å². The minimum atomic E-state index is -0.649. The summed E-state index contributed by atoms with van der Waals surface area (Å²) in [6.45, 7) is 3.74. The average Bonchev–Trinajstić information content (AvgIpc) is 2.48. The lowest BCUT2D eigenvalue weighted by atomic mass is 9.83. The van der Waals surface area contributed by atoms with Gasteiger partial charge in [0.15, 0.2) is 0 Å². The fourth-order valence-corrected chi connectivity index (χ4v) is 1.99. The maximum absolute atomic E-state index is 12.5. The largest absolute Gasteiger partial charge is 0.366 e. The van der Waals surface area contributed by atoms with Gasteiger partial charge in [0.25, 0.3) is 0 Å². The molecule has 0 bridgehead atoms. The first-order valence-electron chi connectivity index (χ1n) is 6.68. The second-order valence-corrected chi connectivity index (χ2v) is 5.39. The van der Waals surface area contributed by atoms with Crippen molar-refractivity contribution >= 4 is 17.5 Å². The molecule has 4 nitrogen and oxygen atoms in total. The minimum absolute atomic E-state index is 0.111. The molecule has 3 N–H and O–H groups in total. The van der Waals surface area contributed by atoms with Gasteiger partial charge in [-0.1, -0.05) is 30.3 Å². The van der Waals surface area contributed by atoms with Crippen LogP contribution in [0.4, 0.5) is 5.69 Å². The summed E-state index contributed by atoms with van der Waals surface area (Å²) in [6, 6.07) is 16.1. The van der Waals surface area contributed by atoms with E-state index in [2.05, 4.69) is 5.32 Å². The summed E-state index contributed by atoms with van der Waals surface area (Å²) in [5, 5.41) is 2.86. The van der Waals surface area contributed by atoms with Crippen molar-refractivity contribution < 1.29 is 9.59 Å². The molecule has 21 heavy (non-hydrogen) atoms. The SMILES string of the molecule is CC(C)(C(=O)Nc1ccc(C(N)=O)cc1)c1ccccc1. The van der Waals surface area contributed by atoms with Crippen molar-refractivity contribution in [1.82, 2.24) is 0 Å². The fourth-order valence-electron chi connectivity index (χ4n) is 1.99. The molecule has 108 valence electrons. The molecule has 0 unspecified atom stereocenters. The number of carbonyl (C=O) groups is 2. The molecule has 2 aromatic carbocycles. The number of nitrogens with two attached hydrogens (primary N) is 1. The third kappa shape index (κ3) is 3.28. The highest BCUT2D eigenvalue weighted by Gasteiger charge is 2.29. The summed E-state index contributed by atoms with van der Waals surface area (Å²) in [7, 11) is 0. The second-order valence-electron chi connectivity index (χ2n) is 5.39. The van der Waals surface area contributed by atoms with Gasteiger partial charge in [0, 0.05) is 11.3 Å².